The van der Waals surface area contributed by atoms with Crippen molar-refractivity contribution in [3.05, 3.63) is 188 Å². The molecule has 0 saturated heterocycles. The van der Waals surface area contributed by atoms with Crippen molar-refractivity contribution in [1.29, 1.82) is 0 Å². The summed E-state index contributed by atoms with van der Waals surface area (Å²) in [4.78, 5) is 15.7. The van der Waals surface area contributed by atoms with Crippen LogP contribution < -0.4 is 0 Å². The fourth-order valence-electron chi connectivity index (χ4n) is 7.91. The molecule has 0 aliphatic carbocycles. The predicted octanol–water partition coefficient (Wildman–Crippen LogP) is 13.6. The second kappa shape index (κ2) is 12.6. The number of hydrogen-bond donors (Lipinski definition) is 0. The van der Waals surface area contributed by atoms with E-state index in [2.05, 4.69) is 158 Å². The van der Waals surface area contributed by atoms with Crippen molar-refractivity contribution in [1.82, 2.24) is 15.0 Å². The van der Waals surface area contributed by atoms with Crippen LogP contribution in [-0.4, -0.2) is 15.0 Å². The molecule has 55 heavy (non-hydrogen) atoms. The van der Waals surface area contributed by atoms with Gasteiger partial charge in [0.2, 0.25) is 0 Å². The van der Waals surface area contributed by atoms with E-state index in [0.717, 1.165) is 60.5 Å². The quantitative estimate of drug-likeness (QED) is 0.168. The van der Waals surface area contributed by atoms with E-state index in [0.29, 0.717) is 17.5 Å². The van der Waals surface area contributed by atoms with E-state index in [-0.39, 0.29) is 0 Å². The maximum Gasteiger partial charge on any atom is 0.164 e. The van der Waals surface area contributed by atoms with Gasteiger partial charge in [0.05, 0.1) is 0 Å². The highest BCUT2D eigenvalue weighted by Gasteiger charge is 2.20. The molecule has 9 aromatic carbocycles. The Labute approximate surface area is 317 Å². The zero-order valence-corrected chi connectivity index (χ0v) is 29.6. The molecule has 0 bridgehead atoms. The second-order valence-corrected chi connectivity index (χ2v) is 14.0. The maximum atomic E-state index is 6.55. The fourth-order valence-corrected chi connectivity index (χ4v) is 7.91. The van der Waals surface area contributed by atoms with E-state index < -0.39 is 0 Å². The molecular weight excluding hydrogens is 671 g/mol. The van der Waals surface area contributed by atoms with Crippen LogP contribution in [0.2, 0.25) is 0 Å². The summed E-state index contributed by atoms with van der Waals surface area (Å²) in [7, 11) is 0. The number of furan rings is 1. The van der Waals surface area contributed by atoms with Gasteiger partial charge in [0.15, 0.2) is 17.5 Å². The minimum atomic E-state index is 0.590. The average molecular weight is 702 g/mol. The minimum Gasteiger partial charge on any atom is -0.456 e. The summed E-state index contributed by atoms with van der Waals surface area (Å²) in [5.74, 6) is 1.81. The summed E-state index contributed by atoms with van der Waals surface area (Å²) in [5, 5.41) is 9.07. The number of nitrogens with zero attached hydrogens (tertiary/aromatic N) is 3. The van der Waals surface area contributed by atoms with Gasteiger partial charge in [-0.25, -0.2) is 15.0 Å². The Morgan fingerprint density at radius 2 is 0.836 bits per heavy atom. The summed E-state index contributed by atoms with van der Waals surface area (Å²) < 4.78 is 6.55. The van der Waals surface area contributed by atoms with Gasteiger partial charge in [-0.3, -0.25) is 0 Å². The van der Waals surface area contributed by atoms with Gasteiger partial charge < -0.3 is 4.42 Å². The van der Waals surface area contributed by atoms with E-state index in [9.17, 15) is 0 Å². The monoisotopic (exact) mass is 701 g/mol. The summed E-state index contributed by atoms with van der Waals surface area (Å²) in [6, 6.07) is 65.9. The number of aromatic nitrogens is 3. The summed E-state index contributed by atoms with van der Waals surface area (Å²) >= 11 is 0. The summed E-state index contributed by atoms with van der Waals surface area (Å²) in [6.45, 7) is 0. The normalized spacial score (nSPS) is 11.6. The summed E-state index contributed by atoms with van der Waals surface area (Å²) in [5.41, 5.74) is 8.84. The van der Waals surface area contributed by atoms with Gasteiger partial charge >= 0.3 is 0 Å². The first-order valence-electron chi connectivity index (χ1n) is 18.5. The lowest BCUT2D eigenvalue weighted by Crippen LogP contribution is -2.00. The molecule has 2 heterocycles. The molecule has 4 nitrogen and oxygen atoms in total. The highest BCUT2D eigenvalue weighted by Crippen LogP contribution is 2.41. The maximum absolute atomic E-state index is 6.55. The Hall–Kier alpha value is -7.43. The molecule has 0 spiro atoms. The van der Waals surface area contributed by atoms with Gasteiger partial charge in [0.1, 0.15) is 11.2 Å². The van der Waals surface area contributed by atoms with E-state index in [1.807, 2.05) is 30.3 Å². The number of para-hydroxylation sites is 1. The Bertz CT molecular complexity index is 3260. The molecule has 0 N–H and O–H groups in total. The van der Waals surface area contributed by atoms with Crippen molar-refractivity contribution in [2.75, 3.05) is 0 Å². The lowest BCUT2D eigenvalue weighted by Gasteiger charge is -2.12. The smallest absolute Gasteiger partial charge is 0.164 e. The zero-order valence-electron chi connectivity index (χ0n) is 29.6. The number of hydrogen-bond acceptors (Lipinski definition) is 4. The number of fused-ring (bicyclic) bond motifs is 7. The van der Waals surface area contributed by atoms with Crippen LogP contribution in [-0.2, 0) is 0 Å². The van der Waals surface area contributed by atoms with Crippen LogP contribution in [0.4, 0.5) is 0 Å². The van der Waals surface area contributed by atoms with E-state index in [4.69, 9.17) is 19.4 Å². The molecule has 0 atom stereocenters. The molecule has 256 valence electrons. The van der Waals surface area contributed by atoms with Crippen LogP contribution >= 0.6 is 0 Å². The largest absolute Gasteiger partial charge is 0.456 e. The topological polar surface area (TPSA) is 51.8 Å². The zero-order chi connectivity index (χ0) is 36.3. The van der Waals surface area contributed by atoms with Gasteiger partial charge in [-0.05, 0) is 91.0 Å². The molecular formula is C51H31N3O. The lowest BCUT2D eigenvalue weighted by atomic mass is 9.96. The van der Waals surface area contributed by atoms with Crippen LogP contribution in [0.1, 0.15) is 0 Å². The molecule has 0 aliphatic heterocycles. The second-order valence-electron chi connectivity index (χ2n) is 14.0. The molecule has 11 rings (SSSR count). The van der Waals surface area contributed by atoms with Crippen LogP contribution in [0.3, 0.4) is 0 Å². The molecule has 0 aliphatic rings. The van der Waals surface area contributed by atoms with Crippen molar-refractivity contribution in [2.45, 2.75) is 0 Å². The molecule has 4 heteroatoms. The predicted molar refractivity (Wildman–Crippen MR) is 227 cm³/mol. The first-order chi connectivity index (χ1) is 27.2. The standard InChI is InChI=1S/C51H31N3O/c1-3-11-32(12-4-1)39-25-22-34-20-21-35-23-26-40(29-44(35)43(34)28-39)50-52-49(36-14-5-2-6-15-36)53-51(54-50)45-30-41(38-24-19-33-13-7-8-16-37(33)27-38)31-47-48(45)42-17-9-10-18-46(42)55-47/h1-31H. The molecule has 0 radical (unpaired) electrons. The third-order valence-corrected chi connectivity index (χ3v) is 10.7. The Balaban J connectivity index is 1.16. The van der Waals surface area contributed by atoms with Gasteiger partial charge in [-0.1, -0.05) is 152 Å². The van der Waals surface area contributed by atoms with Crippen molar-refractivity contribution in [3.8, 4) is 56.4 Å². The summed E-state index contributed by atoms with van der Waals surface area (Å²) in [6.07, 6.45) is 0. The molecule has 0 saturated carbocycles. The molecule has 2 aromatic heterocycles. The average Bonchev–Trinajstić information content (AvgIpc) is 3.64. The Kier molecular flexibility index (Phi) is 7.14. The van der Waals surface area contributed by atoms with Crippen LogP contribution in [0, 0.1) is 0 Å². The van der Waals surface area contributed by atoms with Gasteiger partial charge in [-0.2, -0.15) is 0 Å². The molecule has 0 unspecified atom stereocenters. The molecule has 11 aromatic rings. The third kappa shape index (κ3) is 5.43. The van der Waals surface area contributed by atoms with Crippen molar-refractivity contribution in [3.63, 3.8) is 0 Å². The van der Waals surface area contributed by atoms with E-state index in [1.54, 1.807) is 0 Å². The number of benzene rings is 9. The van der Waals surface area contributed by atoms with Gasteiger partial charge in [0.25, 0.3) is 0 Å². The first kappa shape index (κ1) is 31.1. The van der Waals surface area contributed by atoms with Crippen LogP contribution in [0.15, 0.2) is 192 Å². The molecule has 0 amide bonds. The first-order valence-corrected chi connectivity index (χ1v) is 18.5. The van der Waals surface area contributed by atoms with Crippen LogP contribution in [0.5, 0.6) is 0 Å². The fraction of sp³-hybridized carbons (Fsp3) is 0. The van der Waals surface area contributed by atoms with Crippen LogP contribution in [0.25, 0.3) is 111 Å². The van der Waals surface area contributed by atoms with Crippen molar-refractivity contribution >= 4 is 54.3 Å². The van der Waals surface area contributed by atoms with E-state index >= 15 is 0 Å². The lowest BCUT2D eigenvalue weighted by molar-refractivity contribution is 0.669. The van der Waals surface area contributed by atoms with Crippen molar-refractivity contribution in [2.24, 2.45) is 0 Å². The Morgan fingerprint density at radius 1 is 0.291 bits per heavy atom. The van der Waals surface area contributed by atoms with Crippen molar-refractivity contribution < 1.29 is 4.42 Å². The molecule has 0 fully saturated rings. The Morgan fingerprint density at radius 3 is 1.60 bits per heavy atom. The number of rotatable bonds is 5. The third-order valence-electron chi connectivity index (χ3n) is 10.7. The van der Waals surface area contributed by atoms with E-state index in [1.165, 1.54) is 32.7 Å². The van der Waals surface area contributed by atoms with Gasteiger partial charge in [-0.15, -0.1) is 0 Å². The SMILES string of the molecule is c1ccc(-c2ccc3ccc4ccc(-c5nc(-c6ccccc6)nc(-c6cc(-c7ccc8ccccc8c7)cc7oc8ccccc8c67)n5)cc4c3c2)cc1. The minimum absolute atomic E-state index is 0.590. The highest BCUT2D eigenvalue weighted by molar-refractivity contribution is 6.13. The van der Waals surface area contributed by atoms with Gasteiger partial charge in [0, 0.05) is 27.5 Å². The highest BCUT2D eigenvalue weighted by atomic mass is 16.3.